The van der Waals surface area contributed by atoms with Crippen molar-refractivity contribution in [2.45, 2.75) is 19.4 Å². The lowest BCUT2D eigenvalue weighted by Crippen LogP contribution is -2.35. The number of carbonyl (C=O) groups is 1. The summed E-state index contributed by atoms with van der Waals surface area (Å²) < 4.78 is 25.6. The Kier molecular flexibility index (Phi) is 6.58. The van der Waals surface area contributed by atoms with Gasteiger partial charge in [0.15, 0.2) is 0 Å². The Bertz CT molecular complexity index is 825. The van der Waals surface area contributed by atoms with E-state index in [-0.39, 0.29) is 24.9 Å². The van der Waals surface area contributed by atoms with Gasteiger partial charge in [0.2, 0.25) is 15.9 Å². The summed E-state index contributed by atoms with van der Waals surface area (Å²) in [5, 5.41) is 3.24. The molecule has 0 spiro atoms. The summed E-state index contributed by atoms with van der Waals surface area (Å²) in [4.78, 5) is 12.1. The van der Waals surface area contributed by atoms with Gasteiger partial charge in [0, 0.05) is 29.7 Å². The number of nitrogens with zero attached hydrogens (tertiary/aromatic N) is 1. The first kappa shape index (κ1) is 19.4. The molecule has 0 aliphatic carbocycles. The second kappa shape index (κ2) is 8.47. The third kappa shape index (κ3) is 5.85. The largest absolute Gasteiger partial charge is 0.326 e. The van der Waals surface area contributed by atoms with Gasteiger partial charge in [-0.1, -0.05) is 48.0 Å². The molecule has 0 fully saturated rings. The maximum atomic E-state index is 12.1. The first-order chi connectivity index (χ1) is 11.8. The molecule has 2 rings (SSSR count). The topological polar surface area (TPSA) is 66.5 Å². The highest BCUT2D eigenvalue weighted by Gasteiger charge is 2.25. The average Bonchev–Trinajstić information content (AvgIpc) is 2.54. The van der Waals surface area contributed by atoms with Crippen molar-refractivity contribution >= 4 is 33.2 Å². The van der Waals surface area contributed by atoms with Crippen molar-refractivity contribution in [2.75, 3.05) is 18.1 Å². The number of carbonyl (C=O) groups excluding carboxylic acids is 1. The number of amides is 1. The lowest BCUT2D eigenvalue weighted by Gasteiger charge is -2.27. The standard InChI is InChI=1S/C18H21ClN2O3S/c1-14(15-7-4-3-5-8-15)21(25(2,23)24)12-11-18(22)20-17-10-6-9-16(19)13-17/h3-10,13-14H,11-12H2,1-2H3,(H,20,22). The summed E-state index contributed by atoms with van der Waals surface area (Å²) in [7, 11) is -3.46. The van der Waals surface area contributed by atoms with E-state index in [9.17, 15) is 13.2 Å². The maximum Gasteiger partial charge on any atom is 0.225 e. The number of benzene rings is 2. The van der Waals surface area contributed by atoms with E-state index < -0.39 is 10.0 Å². The van der Waals surface area contributed by atoms with E-state index in [0.717, 1.165) is 11.8 Å². The van der Waals surface area contributed by atoms with E-state index in [4.69, 9.17) is 11.6 Å². The number of rotatable bonds is 7. The van der Waals surface area contributed by atoms with Crippen LogP contribution in [0.1, 0.15) is 24.9 Å². The normalized spacial score (nSPS) is 12.8. The molecule has 1 amide bonds. The highest BCUT2D eigenvalue weighted by atomic mass is 35.5. The molecule has 0 aliphatic heterocycles. The van der Waals surface area contributed by atoms with E-state index in [1.807, 2.05) is 37.3 Å². The van der Waals surface area contributed by atoms with Gasteiger partial charge in [-0.05, 0) is 30.7 Å². The van der Waals surface area contributed by atoms with Crippen LogP contribution in [0.5, 0.6) is 0 Å². The smallest absolute Gasteiger partial charge is 0.225 e. The number of hydrogen-bond donors (Lipinski definition) is 1. The number of hydrogen-bond acceptors (Lipinski definition) is 3. The molecule has 2 aromatic carbocycles. The van der Waals surface area contributed by atoms with Gasteiger partial charge in [-0.25, -0.2) is 8.42 Å². The molecule has 0 heterocycles. The fraction of sp³-hybridized carbons (Fsp3) is 0.278. The fourth-order valence-corrected chi connectivity index (χ4v) is 3.86. The monoisotopic (exact) mass is 380 g/mol. The Morgan fingerprint density at radius 1 is 1.16 bits per heavy atom. The van der Waals surface area contributed by atoms with Gasteiger partial charge < -0.3 is 5.32 Å². The SMILES string of the molecule is CC(c1ccccc1)N(CCC(=O)Nc1cccc(Cl)c1)S(C)(=O)=O. The van der Waals surface area contributed by atoms with Gasteiger partial charge in [-0.2, -0.15) is 4.31 Å². The number of sulfonamides is 1. The summed E-state index contributed by atoms with van der Waals surface area (Å²) in [6, 6.07) is 15.8. The summed E-state index contributed by atoms with van der Waals surface area (Å²) in [5.74, 6) is -0.267. The Morgan fingerprint density at radius 3 is 2.44 bits per heavy atom. The van der Waals surface area contributed by atoms with Crippen molar-refractivity contribution in [3.8, 4) is 0 Å². The van der Waals surface area contributed by atoms with Gasteiger partial charge >= 0.3 is 0 Å². The van der Waals surface area contributed by atoms with E-state index in [2.05, 4.69) is 5.32 Å². The van der Waals surface area contributed by atoms with E-state index in [0.29, 0.717) is 10.7 Å². The van der Waals surface area contributed by atoms with Crippen LogP contribution >= 0.6 is 11.6 Å². The molecule has 0 radical (unpaired) electrons. The molecule has 0 aliphatic rings. The zero-order valence-electron chi connectivity index (χ0n) is 14.1. The highest BCUT2D eigenvalue weighted by Crippen LogP contribution is 2.23. The van der Waals surface area contributed by atoms with Crippen molar-refractivity contribution in [1.82, 2.24) is 4.31 Å². The molecule has 25 heavy (non-hydrogen) atoms. The van der Waals surface area contributed by atoms with Gasteiger partial charge in [0.1, 0.15) is 0 Å². The van der Waals surface area contributed by atoms with Crippen LogP contribution in [0.2, 0.25) is 5.02 Å². The van der Waals surface area contributed by atoms with Gasteiger partial charge in [-0.3, -0.25) is 4.79 Å². The molecule has 0 aromatic heterocycles. The number of halogens is 1. The predicted molar refractivity (Wildman–Crippen MR) is 101 cm³/mol. The molecule has 134 valence electrons. The van der Waals surface area contributed by atoms with Crippen LogP contribution in [0.25, 0.3) is 0 Å². The molecular weight excluding hydrogens is 360 g/mol. The number of nitrogens with one attached hydrogen (secondary N) is 1. The van der Waals surface area contributed by atoms with Crippen LogP contribution in [0.15, 0.2) is 54.6 Å². The molecule has 1 atom stereocenters. The maximum absolute atomic E-state index is 12.1. The third-order valence-electron chi connectivity index (χ3n) is 3.81. The van der Waals surface area contributed by atoms with Crippen LogP contribution in [-0.4, -0.2) is 31.4 Å². The summed E-state index contributed by atoms with van der Waals surface area (Å²) in [5.41, 5.74) is 1.46. The third-order valence-corrected chi connectivity index (χ3v) is 5.39. The lowest BCUT2D eigenvalue weighted by atomic mass is 10.1. The lowest BCUT2D eigenvalue weighted by molar-refractivity contribution is -0.116. The minimum atomic E-state index is -3.46. The molecule has 0 saturated heterocycles. The van der Waals surface area contributed by atoms with Crippen LogP contribution in [-0.2, 0) is 14.8 Å². The van der Waals surface area contributed by atoms with Crippen LogP contribution < -0.4 is 5.32 Å². The first-order valence-electron chi connectivity index (χ1n) is 7.84. The van der Waals surface area contributed by atoms with E-state index in [1.165, 1.54) is 4.31 Å². The molecule has 2 aromatic rings. The molecule has 1 N–H and O–H groups in total. The summed E-state index contributed by atoms with van der Waals surface area (Å²) >= 11 is 5.89. The first-order valence-corrected chi connectivity index (χ1v) is 10.1. The molecule has 7 heteroatoms. The second-order valence-corrected chi connectivity index (χ2v) is 8.14. The Morgan fingerprint density at radius 2 is 1.84 bits per heavy atom. The summed E-state index contributed by atoms with van der Waals surface area (Å²) in [6.07, 6.45) is 1.21. The molecule has 0 bridgehead atoms. The number of anilines is 1. The molecular formula is C18H21ClN2O3S. The Balaban J connectivity index is 2.04. The van der Waals surface area contributed by atoms with E-state index in [1.54, 1.807) is 24.3 Å². The summed E-state index contributed by atoms with van der Waals surface area (Å²) in [6.45, 7) is 1.91. The Labute approximate surface area is 153 Å². The zero-order valence-corrected chi connectivity index (χ0v) is 15.7. The molecule has 1 unspecified atom stereocenters. The van der Waals surface area contributed by atoms with Gasteiger partial charge in [-0.15, -0.1) is 0 Å². The van der Waals surface area contributed by atoms with E-state index >= 15 is 0 Å². The Hall–Kier alpha value is -1.89. The van der Waals surface area contributed by atoms with Crippen molar-refractivity contribution in [1.29, 1.82) is 0 Å². The van der Waals surface area contributed by atoms with Crippen LogP contribution in [0.3, 0.4) is 0 Å². The minimum absolute atomic E-state index is 0.0523. The predicted octanol–water partition coefficient (Wildman–Crippen LogP) is 3.69. The molecule has 5 nitrogen and oxygen atoms in total. The van der Waals surface area contributed by atoms with Gasteiger partial charge in [0.25, 0.3) is 0 Å². The van der Waals surface area contributed by atoms with Crippen molar-refractivity contribution in [2.24, 2.45) is 0 Å². The van der Waals surface area contributed by atoms with Crippen molar-refractivity contribution in [3.05, 3.63) is 65.2 Å². The average molecular weight is 381 g/mol. The highest BCUT2D eigenvalue weighted by molar-refractivity contribution is 7.88. The quantitative estimate of drug-likeness (QED) is 0.796. The fourth-order valence-electron chi connectivity index (χ4n) is 2.55. The van der Waals surface area contributed by atoms with Crippen molar-refractivity contribution < 1.29 is 13.2 Å². The van der Waals surface area contributed by atoms with Crippen LogP contribution in [0, 0.1) is 0 Å². The minimum Gasteiger partial charge on any atom is -0.326 e. The van der Waals surface area contributed by atoms with Crippen molar-refractivity contribution in [3.63, 3.8) is 0 Å². The second-order valence-electron chi connectivity index (χ2n) is 5.77. The molecule has 0 saturated carbocycles. The zero-order chi connectivity index (χ0) is 18.4. The van der Waals surface area contributed by atoms with Gasteiger partial charge in [0.05, 0.1) is 6.26 Å². The van der Waals surface area contributed by atoms with Crippen LogP contribution in [0.4, 0.5) is 5.69 Å².